The van der Waals surface area contributed by atoms with Crippen molar-refractivity contribution in [3.05, 3.63) is 65.7 Å². The van der Waals surface area contributed by atoms with E-state index in [2.05, 4.69) is 0 Å². The number of carbonyl (C=O) groups excluding carboxylic acids is 2. The molecule has 0 saturated carbocycles. The van der Waals surface area contributed by atoms with E-state index >= 15 is 0 Å². The van der Waals surface area contributed by atoms with Gasteiger partial charge < -0.3 is 4.90 Å². The molecule has 0 unspecified atom stereocenters. The van der Waals surface area contributed by atoms with Crippen LogP contribution in [0.15, 0.2) is 59.5 Å². The van der Waals surface area contributed by atoms with Crippen LogP contribution in [0, 0.1) is 5.41 Å². The molecule has 0 bridgehead atoms. The number of hydrogen-bond acceptors (Lipinski definition) is 4. The molecule has 6 nitrogen and oxygen atoms in total. The molecular weight excluding hydrogens is 364 g/mol. The number of sulfonamides is 1. The number of fused-ring (bicyclic) bond motifs is 2. The second-order valence-electron chi connectivity index (χ2n) is 7.33. The molecule has 0 spiro atoms. The number of Topliss-reactive ketones (excluding diaryl/α,β-unsaturated/α-hetero) is 1. The summed E-state index contributed by atoms with van der Waals surface area (Å²) >= 11 is 0. The van der Waals surface area contributed by atoms with Crippen molar-refractivity contribution in [2.45, 2.75) is 17.9 Å². The van der Waals surface area contributed by atoms with Crippen LogP contribution in [0.4, 0.5) is 0 Å². The zero-order valence-electron chi connectivity index (χ0n) is 15.1. The van der Waals surface area contributed by atoms with Crippen LogP contribution in [0.3, 0.4) is 0 Å². The van der Waals surface area contributed by atoms with Gasteiger partial charge in [0, 0.05) is 25.7 Å². The van der Waals surface area contributed by atoms with Crippen LogP contribution >= 0.6 is 0 Å². The van der Waals surface area contributed by atoms with Crippen molar-refractivity contribution in [1.29, 1.82) is 0 Å². The molecule has 2 atom stereocenters. The fourth-order valence-electron chi connectivity index (χ4n) is 4.14. The third-order valence-corrected chi connectivity index (χ3v) is 7.53. The average Bonchev–Trinajstić information content (AvgIpc) is 3.04. The Labute approximate surface area is 158 Å². The second kappa shape index (κ2) is 6.00. The number of benzene rings is 2. The molecule has 4 rings (SSSR count). The Morgan fingerprint density at radius 1 is 0.963 bits per heavy atom. The molecule has 0 N–H and O–H groups in total. The lowest BCUT2D eigenvalue weighted by molar-refractivity contribution is 0.0606. The number of likely N-dealkylation sites (N-methyl/N-ethyl adjacent to an activating group) is 1. The van der Waals surface area contributed by atoms with Gasteiger partial charge in [-0.05, 0) is 25.1 Å². The van der Waals surface area contributed by atoms with Gasteiger partial charge in [-0.1, -0.05) is 36.4 Å². The number of rotatable bonds is 2. The molecule has 0 radical (unpaired) electrons. The van der Waals surface area contributed by atoms with Gasteiger partial charge in [0.05, 0.1) is 21.9 Å². The summed E-state index contributed by atoms with van der Waals surface area (Å²) < 4.78 is 27.4. The normalized spacial score (nSPS) is 25.9. The maximum absolute atomic E-state index is 13.3. The zero-order valence-corrected chi connectivity index (χ0v) is 15.9. The number of nitrogens with zero attached hydrogens (tertiary/aromatic N) is 2. The largest absolute Gasteiger partial charge is 0.336 e. The van der Waals surface area contributed by atoms with Crippen molar-refractivity contribution >= 4 is 21.7 Å². The van der Waals surface area contributed by atoms with Crippen molar-refractivity contribution in [3.63, 3.8) is 0 Å². The van der Waals surface area contributed by atoms with Gasteiger partial charge in [-0.2, -0.15) is 4.31 Å². The van der Waals surface area contributed by atoms with Gasteiger partial charge in [0.25, 0.3) is 5.91 Å². The maximum Gasteiger partial charge on any atom is 0.254 e. The van der Waals surface area contributed by atoms with E-state index in [4.69, 9.17) is 0 Å². The highest BCUT2D eigenvalue weighted by Crippen LogP contribution is 2.42. The monoisotopic (exact) mass is 384 g/mol. The molecule has 1 amide bonds. The molecule has 0 aromatic heterocycles. The van der Waals surface area contributed by atoms with Crippen molar-refractivity contribution in [2.24, 2.45) is 5.41 Å². The van der Waals surface area contributed by atoms with Crippen LogP contribution in [0.1, 0.15) is 27.6 Å². The molecule has 7 heteroatoms. The third-order valence-electron chi connectivity index (χ3n) is 5.71. The molecule has 2 heterocycles. The average molecular weight is 384 g/mol. The number of amides is 1. The summed E-state index contributed by atoms with van der Waals surface area (Å²) in [4.78, 5) is 27.9. The Morgan fingerprint density at radius 2 is 1.56 bits per heavy atom. The van der Waals surface area contributed by atoms with Crippen LogP contribution in [-0.2, 0) is 10.0 Å². The van der Waals surface area contributed by atoms with Gasteiger partial charge in [0.2, 0.25) is 10.0 Å². The zero-order chi connectivity index (χ0) is 19.4. The smallest absolute Gasteiger partial charge is 0.254 e. The minimum Gasteiger partial charge on any atom is -0.336 e. The molecular formula is C20H20N2O4S. The van der Waals surface area contributed by atoms with E-state index in [0.717, 1.165) is 0 Å². The maximum atomic E-state index is 13.3. The molecule has 2 aromatic carbocycles. The van der Waals surface area contributed by atoms with Gasteiger partial charge in [0.1, 0.15) is 0 Å². The summed E-state index contributed by atoms with van der Waals surface area (Å²) in [5, 5.41) is 0. The van der Waals surface area contributed by atoms with E-state index in [9.17, 15) is 18.0 Å². The van der Waals surface area contributed by atoms with E-state index in [1.807, 2.05) is 0 Å². The Hall–Kier alpha value is -2.51. The molecule has 2 aromatic rings. The molecule has 27 heavy (non-hydrogen) atoms. The summed E-state index contributed by atoms with van der Waals surface area (Å²) in [5.74, 6) is -0.446. The Morgan fingerprint density at radius 3 is 2.22 bits per heavy atom. The Bertz CT molecular complexity index is 1030. The first-order chi connectivity index (χ1) is 12.8. The number of ketones is 1. The second-order valence-corrected chi connectivity index (χ2v) is 9.27. The molecule has 0 aliphatic carbocycles. The van der Waals surface area contributed by atoms with Crippen molar-refractivity contribution in [1.82, 2.24) is 9.21 Å². The molecule has 2 aliphatic heterocycles. The van der Waals surface area contributed by atoms with E-state index in [-0.39, 0.29) is 29.7 Å². The van der Waals surface area contributed by atoms with Crippen LogP contribution in [0.2, 0.25) is 0 Å². The van der Waals surface area contributed by atoms with Gasteiger partial charge >= 0.3 is 0 Å². The van der Waals surface area contributed by atoms with E-state index in [0.29, 0.717) is 11.1 Å². The first-order valence-corrected chi connectivity index (χ1v) is 10.2. The summed E-state index contributed by atoms with van der Waals surface area (Å²) in [6.45, 7) is 1.89. The highest BCUT2D eigenvalue weighted by Gasteiger charge is 2.56. The topological polar surface area (TPSA) is 74.8 Å². The van der Waals surface area contributed by atoms with Crippen LogP contribution in [0.25, 0.3) is 0 Å². The summed E-state index contributed by atoms with van der Waals surface area (Å²) in [6, 6.07) is 14.4. The molecule has 140 valence electrons. The van der Waals surface area contributed by atoms with Gasteiger partial charge in [-0.3, -0.25) is 9.59 Å². The van der Waals surface area contributed by atoms with Crippen molar-refractivity contribution in [2.75, 3.05) is 20.1 Å². The number of hydrogen-bond donors (Lipinski definition) is 0. The van der Waals surface area contributed by atoms with E-state index < -0.39 is 21.5 Å². The quantitative estimate of drug-likeness (QED) is 0.794. The molecule has 2 aliphatic rings. The lowest BCUT2D eigenvalue weighted by atomic mass is 9.78. The molecule has 1 fully saturated rings. The Kier molecular flexibility index (Phi) is 3.98. The Balaban J connectivity index is 1.80. The fourth-order valence-corrected chi connectivity index (χ4v) is 5.71. The lowest BCUT2D eigenvalue weighted by Crippen LogP contribution is -2.48. The minimum atomic E-state index is -3.75. The highest BCUT2D eigenvalue weighted by atomic mass is 32.2. The van der Waals surface area contributed by atoms with E-state index in [1.165, 1.54) is 21.3 Å². The highest BCUT2D eigenvalue weighted by molar-refractivity contribution is 7.89. The van der Waals surface area contributed by atoms with Gasteiger partial charge in [-0.25, -0.2) is 8.42 Å². The number of carbonyl (C=O) groups is 2. The SMILES string of the molecule is CN1C(=O)c2ccccc2C(=O)[C@@]2(C)CN(S(=O)(=O)c3ccccc3)C[C@@H]12. The van der Waals surface area contributed by atoms with Crippen molar-refractivity contribution < 1.29 is 18.0 Å². The summed E-state index contributed by atoms with van der Waals surface area (Å²) in [7, 11) is -2.11. The van der Waals surface area contributed by atoms with Crippen LogP contribution < -0.4 is 0 Å². The van der Waals surface area contributed by atoms with Crippen molar-refractivity contribution in [3.8, 4) is 0 Å². The first-order valence-electron chi connectivity index (χ1n) is 8.73. The fraction of sp³-hybridized carbons (Fsp3) is 0.300. The third kappa shape index (κ3) is 2.53. The predicted octanol–water partition coefficient (Wildman–Crippen LogP) is 2.03. The van der Waals surface area contributed by atoms with Crippen LogP contribution in [0.5, 0.6) is 0 Å². The lowest BCUT2D eigenvalue weighted by Gasteiger charge is -2.32. The summed E-state index contributed by atoms with van der Waals surface area (Å²) in [5.41, 5.74) is -0.268. The van der Waals surface area contributed by atoms with Gasteiger partial charge in [0.15, 0.2) is 5.78 Å². The summed E-state index contributed by atoms with van der Waals surface area (Å²) in [6.07, 6.45) is 0. The van der Waals surface area contributed by atoms with E-state index in [1.54, 1.807) is 56.4 Å². The predicted molar refractivity (Wildman–Crippen MR) is 100.0 cm³/mol. The first kappa shape index (κ1) is 17.9. The van der Waals surface area contributed by atoms with Crippen LogP contribution in [-0.4, -0.2) is 55.5 Å². The molecule has 1 saturated heterocycles. The standard InChI is InChI=1S/C20H20N2O4S/c1-20-13-22(27(25,26)14-8-4-3-5-9-14)12-17(20)21(2)19(24)16-11-7-6-10-15(16)18(20)23/h3-11,17H,12-13H2,1-2H3/t17-,20+/m1/s1. The van der Waals surface area contributed by atoms with Gasteiger partial charge in [-0.15, -0.1) is 0 Å². The minimum absolute atomic E-state index is 0.0414.